The Morgan fingerprint density at radius 1 is 1.24 bits per heavy atom. The van der Waals surface area contributed by atoms with Crippen molar-refractivity contribution in [3.05, 3.63) is 35.4 Å². The van der Waals surface area contributed by atoms with E-state index in [1.807, 2.05) is 0 Å². The summed E-state index contributed by atoms with van der Waals surface area (Å²) in [6, 6.07) is 3.09. The topological polar surface area (TPSA) is 75.6 Å². The number of benzene rings is 1. The molecule has 0 bridgehead atoms. The lowest BCUT2D eigenvalue weighted by atomic mass is 9.80. The number of amides is 1. The zero-order valence-electron chi connectivity index (χ0n) is 11.2. The zero-order chi connectivity index (χ0) is 15.5. The molecule has 1 fully saturated rings. The van der Waals surface area contributed by atoms with Crippen LogP contribution in [0.2, 0.25) is 0 Å². The molecule has 2 N–H and O–H groups in total. The van der Waals surface area contributed by atoms with Crippen molar-refractivity contribution in [1.29, 1.82) is 0 Å². The molecular weight excluding hydrogens is 284 g/mol. The molecule has 0 radical (unpaired) electrons. The number of ether oxygens (including phenoxy) is 1. The van der Waals surface area contributed by atoms with Crippen LogP contribution < -0.4 is 5.32 Å². The third-order valence-corrected chi connectivity index (χ3v) is 3.68. The van der Waals surface area contributed by atoms with E-state index in [1.54, 1.807) is 0 Å². The van der Waals surface area contributed by atoms with Gasteiger partial charge in [-0.2, -0.15) is 0 Å². The van der Waals surface area contributed by atoms with E-state index >= 15 is 0 Å². The molecule has 0 saturated carbocycles. The van der Waals surface area contributed by atoms with Crippen LogP contribution in [0, 0.1) is 17.0 Å². The SMILES string of the molecule is O=C(NCC1(C(=O)O)CCOCC1)c1c(F)cccc1F. The van der Waals surface area contributed by atoms with Gasteiger partial charge in [0.2, 0.25) is 0 Å². The van der Waals surface area contributed by atoms with Crippen molar-refractivity contribution in [2.75, 3.05) is 19.8 Å². The summed E-state index contributed by atoms with van der Waals surface area (Å²) in [5.41, 5.74) is -1.86. The lowest BCUT2D eigenvalue weighted by molar-refractivity contribution is -0.154. The Balaban J connectivity index is 2.11. The molecule has 21 heavy (non-hydrogen) atoms. The van der Waals surface area contributed by atoms with Crippen molar-refractivity contribution in [2.24, 2.45) is 5.41 Å². The standard InChI is InChI=1S/C14H15F2NO4/c15-9-2-1-3-10(16)11(9)12(18)17-8-14(13(19)20)4-6-21-7-5-14/h1-3H,4-8H2,(H,17,18)(H,19,20). The Hall–Kier alpha value is -2.02. The van der Waals surface area contributed by atoms with E-state index in [9.17, 15) is 23.5 Å². The second kappa shape index (κ2) is 6.17. The Kier molecular flexibility index (Phi) is 4.52. The molecule has 7 heteroatoms. The minimum atomic E-state index is -1.16. The summed E-state index contributed by atoms with van der Waals surface area (Å²) in [5, 5.41) is 11.6. The molecular formula is C14H15F2NO4. The van der Waals surface area contributed by atoms with Gasteiger partial charge in [-0.15, -0.1) is 0 Å². The maximum atomic E-state index is 13.5. The first kappa shape index (κ1) is 15.4. The fraction of sp³-hybridized carbons (Fsp3) is 0.429. The van der Waals surface area contributed by atoms with Gasteiger partial charge in [-0.1, -0.05) is 6.07 Å². The van der Waals surface area contributed by atoms with Crippen LogP contribution >= 0.6 is 0 Å². The number of carbonyl (C=O) groups is 2. The number of hydrogen-bond acceptors (Lipinski definition) is 3. The molecule has 1 aromatic rings. The average Bonchev–Trinajstić information content (AvgIpc) is 2.46. The molecule has 1 saturated heterocycles. The molecule has 1 aromatic carbocycles. The third-order valence-electron chi connectivity index (χ3n) is 3.68. The summed E-state index contributed by atoms with van der Waals surface area (Å²) in [4.78, 5) is 23.3. The molecule has 2 rings (SSSR count). The molecule has 1 aliphatic rings. The van der Waals surface area contributed by atoms with Crippen molar-refractivity contribution in [1.82, 2.24) is 5.32 Å². The number of carboxylic acid groups (broad SMARTS) is 1. The Morgan fingerprint density at radius 2 is 1.81 bits per heavy atom. The van der Waals surface area contributed by atoms with Crippen LogP contribution in [0.1, 0.15) is 23.2 Å². The van der Waals surface area contributed by atoms with Crippen molar-refractivity contribution >= 4 is 11.9 Å². The van der Waals surface area contributed by atoms with Gasteiger partial charge in [0.25, 0.3) is 5.91 Å². The predicted molar refractivity (Wildman–Crippen MR) is 68.8 cm³/mol. The Labute approximate surface area is 119 Å². The van der Waals surface area contributed by atoms with Crippen molar-refractivity contribution in [3.63, 3.8) is 0 Å². The number of rotatable bonds is 4. The number of hydrogen-bond donors (Lipinski definition) is 2. The lowest BCUT2D eigenvalue weighted by Crippen LogP contribution is -2.46. The van der Waals surface area contributed by atoms with Gasteiger partial charge in [-0.3, -0.25) is 9.59 Å². The number of nitrogens with one attached hydrogen (secondary N) is 1. The van der Waals surface area contributed by atoms with Crippen LogP contribution in [0.5, 0.6) is 0 Å². The van der Waals surface area contributed by atoms with Gasteiger partial charge in [0.15, 0.2) is 0 Å². The maximum Gasteiger partial charge on any atom is 0.311 e. The summed E-state index contributed by atoms with van der Waals surface area (Å²) >= 11 is 0. The average molecular weight is 299 g/mol. The largest absolute Gasteiger partial charge is 0.481 e. The summed E-state index contributed by atoms with van der Waals surface area (Å²) in [6.45, 7) is 0.352. The second-order valence-electron chi connectivity index (χ2n) is 4.98. The fourth-order valence-electron chi connectivity index (χ4n) is 2.28. The zero-order valence-corrected chi connectivity index (χ0v) is 11.2. The van der Waals surface area contributed by atoms with E-state index in [-0.39, 0.29) is 32.6 Å². The van der Waals surface area contributed by atoms with Gasteiger partial charge >= 0.3 is 5.97 Å². The van der Waals surface area contributed by atoms with Crippen molar-refractivity contribution in [2.45, 2.75) is 12.8 Å². The molecule has 1 aliphatic heterocycles. The van der Waals surface area contributed by atoms with E-state index < -0.39 is 34.5 Å². The summed E-state index contributed by atoms with van der Waals surface area (Å²) in [5.74, 6) is -3.98. The molecule has 0 aliphatic carbocycles. The number of carbonyl (C=O) groups excluding carboxylic acids is 1. The maximum absolute atomic E-state index is 13.5. The van der Waals surface area contributed by atoms with Crippen molar-refractivity contribution < 1.29 is 28.2 Å². The Bertz CT molecular complexity index is 536. The first-order valence-electron chi connectivity index (χ1n) is 6.50. The molecule has 0 spiro atoms. The predicted octanol–water partition coefficient (Wildman–Crippen LogP) is 1.58. The molecule has 1 heterocycles. The van der Waals surface area contributed by atoms with Crippen LogP contribution in [0.15, 0.2) is 18.2 Å². The highest BCUT2D eigenvalue weighted by Gasteiger charge is 2.40. The van der Waals surface area contributed by atoms with Gasteiger partial charge < -0.3 is 15.2 Å². The highest BCUT2D eigenvalue weighted by Crippen LogP contribution is 2.30. The molecule has 0 unspecified atom stereocenters. The minimum Gasteiger partial charge on any atom is -0.481 e. The lowest BCUT2D eigenvalue weighted by Gasteiger charge is -2.33. The van der Waals surface area contributed by atoms with E-state index in [1.165, 1.54) is 0 Å². The van der Waals surface area contributed by atoms with Crippen LogP contribution in [0.25, 0.3) is 0 Å². The third kappa shape index (κ3) is 3.18. The highest BCUT2D eigenvalue weighted by molar-refractivity contribution is 5.95. The van der Waals surface area contributed by atoms with Crippen molar-refractivity contribution in [3.8, 4) is 0 Å². The van der Waals surface area contributed by atoms with Gasteiger partial charge in [-0.05, 0) is 25.0 Å². The van der Waals surface area contributed by atoms with Gasteiger partial charge in [0.1, 0.15) is 17.2 Å². The number of aliphatic carboxylic acids is 1. The monoisotopic (exact) mass is 299 g/mol. The normalized spacial score (nSPS) is 17.2. The highest BCUT2D eigenvalue weighted by atomic mass is 19.1. The smallest absolute Gasteiger partial charge is 0.311 e. The Morgan fingerprint density at radius 3 is 2.33 bits per heavy atom. The van der Waals surface area contributed by atoms with Crippen LogP contribution in [-0.2, 0) is 9.53 Å². The summed E-state index contributed by atoms with van der Waals surface area (Å²) in [7, 11) is 0. The molecule has 0 aromatic heterocycles. The summed E-state index contributed by atoms with van der Waals surface area (Å²) < 4.78 is 32.1. The quantitative estimate of drug-likeness (QED) is 0.885. The first-order chi connectivity index (χ1) is 9.96. The van der Waals surface area contributed by atoms with E-state index in [0.717, 1.165) is 18.2 Å². The molecule has 114 valence electrons. The minimum absolute atomic E-state index is 0.196. The molecule has 5 nitrogen and oxygen atoms in total. The van der Waals surface area contributed by atoms with Gasteiger partial charge in [0, 0.05) is 19.8 Å². The fourth-order valence-corrected chi connectivity index (χ4v) is 2.28. The van der Waals surface area contributed by atoms with E-state index in [2.05, 4.69) is 5.32 Å². The van der Waals surface area contributed by atoms with Crippen LogP contribution in [-0.4, -0.2) is 36.7 Å². The summed E-state index contributed by atoms with van der Waals surface area (Å²) in [6.07, 6.45) is 0.477. The molecule has 1 amide bonds. The van der Waals surface area contributed by atoms with Crippen LogP contribution in [0.3, 0.4) is 0 Å². The van der Waals surface area contributed by atoms with Crippen LogP contribution in [0.4, 0.5) is 8.78 Å². The van der Waals surface area contributed by atoms with E-state index in [0.29, 0.717) is 0 Å². The molecule has 0 atom stereocenters. The van der Waals surface area contributed by atoms with Gasteiger partial charge in [0.05, 0.1) is 5.41 Å². The van der Waals surface area contributed by atoms with E-state index in [4.69, 9.17) is 4.74 Å². The number of carboxylic acids is 1. The first-order valence-corrected chi connectivity index (χ1v) is 6.50. The number of halogens is 2. The van der Waals surface area contributed by atoms with Gasteiger partial charge in [-0.25, -0.2) is 8.78 Å². The second-order valence-corrected chi connectivity index (χ2v) is 4.98.